The Balaban J connectivity index is 1.44. The fraction of sp³-hybridized carbons (Fsp3) is 0.174. The largest absolute Gasteiger partial charge is 0.352 e. The van der Waals surface area contributed by atoms with Crippen LogP contribution in [0.1, 0.15) is 17.0 Å². The van der Waals surface area contributed by atoms with Gasteiger partial charge in [-0.3, -0.25) is 15.1 Å². The Bertz CT molecular complexity index is 1360. The molecule has 0 bridgehead atoms. The van der Waals surface area contributed by atoms with Gasteiger partial charge in [0.15, 0.2) is 12.2 Å². The Hall–Kier alpha value is -3.83. The number of hydrogen-bond acceptors (Lipinski definition) is 6. The Labute approximate surface area is 214 Å². The van der Waals surface area contributed by atoms with E-state index >= 15 is 0 Å². The molecular weight excluding hydrogens is 515 g/mol. The van der Waals surface area contributed by atoms with Crippen molar-refractivity contribution in [2.75, 3.05) is 11.9 Å². The van der Waals surface area contributed by atoms with Gasteiger partial charge in [0.05, 0.1) is 17.1 Å². The molecule has 9 nitrogen and oxygen atoms in total. The van der Waals surface area contributed by atoms with Crippen LogP contribution in [0.15, 0.2) is 67.4 Å². The van der Waals surface area contributed by atoms with E-state index in [0.29, 0.717) is 21.0 Å². The van der Waals surface area contributed by atoms with E-state index in [2.05, 4.69) is 25.7 Å². The molecule has 0 saturated heterocycles. The monoisotopic (exact) mass is 534 g/mol. The summed E-state index contributed by atoms with van der Waals surface area (Å²) in [7, 11) is 0. The van der Waals surface area contributed by atoms with Crippen molar-refractivity contribution in [3.63, 3.8) is 0 Å². The fourth-order valence-electron chi connectivity index (χ4n) is 3.39. The summed E-state index contributed by atoms with van der Waals surface area (Å²) >= 11 is 12.3. The second-order valence-electron chi connectivity index (χ2n) is 7.66. The van der Waals surface area contributed by atoms with Gasteiger partial charge in [0.25, 0.3) is 0 Å². The van der Waals surface area contributed by atoms with Crippen LogP contribution >= 0.6 is 23.2 Å². The van der Waals surface area contributed by atoms with Gasteiger partial charge >= 0.3 is 11.7 Å². The molecule has 4 aromatic rings. The van der Waals surface area contributed by atoms with Crippen LogP contribution < -0.4 is 15.4 Å². The summed E-state index contributed by atoms with van der Waals surface area (Å²) < 4.78 is 31.0. The number of carbonyl (C=O) groups is 1. The summed E-state index contributed by atoms with van der Waals surface area (Å²) in [6.07, 6.45) is 3.85. The van der Waals surface area contributed by atoms with Crippen molar-refractivity contribution in [3.05, 3.63) is 94.4 Å². The minimum atomic E-state index is -3.30. The van der Waals surface area contributed by atoms with Gasteiger partial charge < -0.3 is 10.5 Å². The fourth-order valence-corrected chi connectivity index (χ4v) is 3.79. The molecule has 0 aliphatic heterocycles. The molecule has 0 aliphatic rings. The highest BCUT2D eigenvalue weighted by Gasteiger charge is 2.36. The predicted molar refractivity (Wildman–Crippen MR) is 127 cm³/mol. The summed E-state index contributed by atoms with van der Waals surface area (Å²) in [4.78, 5) is 20.3. The smallest absolute Gasteiger partial charge is 0.325 e. The minimum Gasteiger partial charge on any atom is -0.352 e. The van der Waals surface area contributed by atoms with Crippen molar-refractivity contribution in [2.45, 2.75) is 18.9 Å². The third kappa shape index (κ3) is 5.86. The quantitative estimate of drug-likeness (QED) is 0.224. The number of alkyl halides is 2. The zero-order chi connectivity index (χ0) is 25.7. The summed E-state index contributed by atoms with van der Waals surface area (Å²) in [6, 6.07) is 12.0. The Morgan fingerprint density at radius 1 is 1.17 bits per heavy atom. The van der Waals surface area contributed by atoms with Crippen LogP contribution in [-0.2, 0) is 23.7 Å². The zero-order valence-corrected chi connectivity index (χ0v) is 20.1. The number of anilines is 1. The highest BCUT2D eigenvalue weighted by atomic mass is 35.5. The molecule has 1 aromatic carbocycles. The Morgan fingerprint density at radius 2 is 2.00 bits per heavy atom. The molecule has 0 spiro atoms. The summed E-state index contributed by atoms with van der Waals surface area (Å²) in [5, 5.41) is 20.4. The molecule has 0 atom stereocenters. The van der Waals surface area contributed by atoms with Crippen molar-refractivity contribution in [1.82, 2.24) is 25.1 Å². The van der Waals surface area contributed by atoms with E-state index < -0.39 is 24.1 Å². The number of hydrogen-bond donors (Lipinski definition) is 3. The molecule has 36 heavy (non-hydrogen) atoms. The van der Waals surface area contributed by atoms with Gasteiger partial charge in [0.2, 0.25) is 5.91 Å². The number of carbonyl (C=O) groups excluding carboxylic acids is 1. The number of pyridine rings is 2. The van der Waals surface area contributed by atoms with Gasteiger partial charge in [-0.05, 0) is 46.7 Å². The number of aromatic nitrogens is 5. The van der Waals surface area contributed by atoms with E-state index in [0.717, 1.165) is 0 Å². The highest BCUT2D eigenvalue weighted by molar-refractivity contribution is 6.31. The van der Waals surface area contributed by atoms with Crippen LogP contribution in [0.4, 0.5) is 14.6 Å². The molecule has 3 heterocycles. The molecule has 0 fully saturated rings. The van der Waals surface area contributed by atoms with E-state index in [1.54, 1.807) is 18.2 Å². The van der Waals surface area contributed by atoms with Gasteiger partial charge in [-0.25, -0.2) is 9.67 Å². The van der Waals surface area contributed by atoms with Gasteiger partial charge in [0, 0.05) is 23.8 Å². The summed E-state index contributed by atoms with van der Waals surface area (Å²) in [5.74, 6) is -3.84. The first-order valence-electron chi connectivity index (χ1n) is 10.6. The number of nitrogens with one attached hydrogen (secondary N) is 2. The van der Waals surface area contributed by atoms with Crippen LogP contribution in [0.25, 0.3) is 5.69 Å². The molecule has 13 heteroatoms. The number of halogens is 4. The first-order chi connectivity index (χ1) is 17.2. The number of amides is 1. The molecule has 186 valence electrons. The molecule has 4 rings (SSSR count). The highest BCUT2D eigenvalue weighted by Crippen LogP contribution is 2.26. The topological polar surface area (TPSA) is 109 Å². The first kappa shape index (κ1) is 25.3. The molecule has 0 unspecified atom stereocenters. The van der Waals surface area contributed by atoms with Gasteiger partial charge in [-0.1, -0.05) is 29.3 Å². The van der Waals surface area contributed by atoms with E-state index in [1.807, 2.05) is 0 Å². The van der Waals surface area contributed by atoms with Crippen molar-refractivity contribution in [3.8, 4) is 5.69 Å². The van der Waals surface area contributed by atoms with Crippen LogP contribution in [0.5, 0.6) is 0 Å². The number of rotatable bonds is 9. The SMILES string of the molecule is O=C(Cc1c(Cl)ccc(NCC(F)(F)c2ccccn2)[n+]1O)NCc1cc(Cl)ccc1-n1cncn1. The van der Waals surface area contributed by atoms with Gasteiger partial charge in [-0.2, -0.15) is 13.9 Å². The minimum absolute atomic E-state index is 0.0166. The van der Waals surface area contributed by atoms with Crippen LogP contribution in [0.2, 0.25) is 10.0 Å². The molecule has 1 amide bonds. The maximum atomic E-state index is 14.5. The van der Waals surface area contributed by atoms with Crippen molar-refractivity contribution in [1.29, 1.82) is 0 Å². The van der Waals surface area contributed by atoms with Gasteiger partial charge in [-0.15, -0.1) is 0 Å². The standard InChI is InChI=1S/C23H19Cl2F2N7O2/c24-16-4-6-18(33-14-28-13-32-33)15(9-16)11-30-22(35)10-19-17(25)5-7-21(34(19)36)31-12-23(26,27)20-3-1-2-8-29-20/h1-9,13-14,36H,10-12H2,(H,30,35)/p+1. The van der Waals surface area contributed by atoms with Crippen LogP contribution in [0, 0.1) is 0 Å². The van der Waals surface area contributed by atoms with Crippen molar-refractivity contribution in [2.24, 2.45) is 0 Å². The predicted octanol–water partition coefficient (Wildman–Crippen LogP) is 3.56. The summed E-state index contributed by atoms with van der Waals surface area (Å²) in [6.45, 7) is -0.733. The lowest BCUT2D eigenvalue weighted by atomic mass is 10.1. The third-order valence-electron chi connectivity index (χ3n) is 5.19. The average molecular weight is 535 g/mol. The molecule has 3 N–H and O–H groups in total. The molecular formula is C23H20Cl2F2N7O2+. The molecule has 0 aliphatic carbocycles. The number of benzene rings is 1. The van der Waals surface area contributed by atoms with E-state index in [1.165, 1.54) is 53.9 Å². The molecule has 0 saturated carbocycles. The normalized spacial score (nSPS) is 11.3. The van der Waals surface area contributed by atoms with Crippen LogP contribution in [0.3, 0.4) is 0 Å². The maximum Gasteiger partial charge on any atom is 0.325 e. The average Bonchev–Trinajstić information content (AvgIpc) is 3.40. The lowest BCUT2D eigenvalue weighted by molar-refractivity contribution is -0.898. The third-order valence-corrected chi connectivity index (χ3v) is 5.77. The van der Waals surface area contributed by atoms with E-state index in [-0.39, 0.29) is 29.5 Å². The molecule has 3 aromatic heterocycles. The van der Waals surface area contributed by atoms with Crippen molar-refractivity contribution < 1.29 is 23.5 Å². The lowest BCUT2D eigenvalue weighted by Crippen LogP contribution is -2.42. The Kier molecular flexibility index (Phi) is 7.61. The zero-order valence-electron chi connectivity index (χ0n) is 18.6. The second kappa shape index (κ2) is 10.8. The second-order valence-corrected chi connectivity index (χ2v) is 8.51. The summed E-state index contributed by atoms with van der Waals surface area (Å²) in [5.41, 5.74) is 0.953. The van der Waals surface area contributed by atoms with Crippen molar-refractivity contribution >= 4 is 34.9 Å². The first-order valence-corrected chi connectivity index (χ1v) is 11.4. The lowest BCUT2D eigenvalue weighted by Gasteiger charge is -2.14. The maximum absolute atomic E-state index is 14.5. The molecule has 0 radical (unpaired) electrons. The number of nitrogens with zero attached hydrogens (tertiary/aromatic N) is 5. The van der Waals surface area contributed by atoms with Crippen LogP contribution in [-0.4, -0.2) is 37.4 Å². The Morgan fingerprint density at radius 3 is 2.72 bits per heavy atom. The van der Waals surface area contributed by atoms with Gasteiger partial charge in [0.1, 0.15) is 18.3 Å². The van der Waals surface area contributed by atoms with E-state index in [4.69, 9.17) is 23.2 Å². The van der Waals surface area contributed by atoms with E-state index in [9.17, 15) is 18.8 Å².